The molecule has 1 aliphatic rings. The first kappa shape index (κ1) is 17.2. The van der Waals surface area contributed by atoms with Gasteiger partial charge in [-0.15, -0.1) is 0 Å². The Balaban J connectivity index is 2.42. The quantitative estimate of drug-likeness (QED) is 0.683. The van der Waals surface area contributed by atoms with E-state index in [1.54, 1.807) is 19.2 Å². The first-order valence-electron chi connectivity index (χ1n) is 7.47. The SMILES string of the molecule is CCCNC(c1ccc(Br)c(Cl)c1F)C1(OC)CCCC1. The zero-order valence-corrected chi connectivity index (χ0v) is 14.9. The summed E-state index contributed by atoms with van der Waals surface area (Å²) in [4.78, 5) is 0. The molecule has 0 radical (unpaired) electrons. The summed E-state index contributed by atoms with van der Waals surface area (Å²) in [5.74, 6) is -0.358. The minimum atomic E-state index is -0.358. The Morgan fingerprint density at radius 3 is 2.67 bits per heavy atom. The van der Waals surface area contributed by atoms with Crippen LogP contribution in [0.2, 0.25) is 5.02 Å². The highest BCUT2D eigenvalue weighted by Crippen LogP contribution is 2.44. The summed E-state index contributed by atoms with van der Waals surface area (Å²) in [5.41, 5.74) is 0.257. The molecular formula is C16H22BrClFNO. The predicted molar refractivity (Wildman–Crippen MR) is 88.4 cm³/mol. The third kappa shape index (κ3) is 3.44. The van der Waals surface area contributed by atoms with Gasteiger partial charge >= 0.3 is 0 Å². The van der Waals surface area contributed by atoms with Crippen LogP contribution >= 0.6 is 27.5 Å². The van der Waals surface area contributed by atoms with E-state index in [-0.39, 0.29) is 22.5 Å². The van der Waals surface area contributed by atoms with E-state index >= 15 is 0 Å². The highest BCUT2D eigenvalue weighted by molar-refractivity contribution is 9.10. The van der Waals surface area contributed by atoms with Crippen LogP contribution in [0.4, 0.5) is 4.39 Å². The second kappa shape index (κ2) is 7.40. The largest absolute Gasteiger partial charge is 0.376 e. The lowest BCUT2D eigenvalue weighted by Gasteiger charge is -2.37. The molecule has 0 aromatic heterocycles. The number of hydrogen-bond acceptors (Lipinski definition) is 2. The molecular weight excluding hydrogens is 357 g/mol. The van der Waals surface area contributed by atoms with E-state index in [0.29, 0.717) is 10.0 Å². The molecule has 5 heteroatoms. The van der Waals surface area contributed by atoms with E-state index < -0.39 is 0 Å². The molecule has 2 nitrogen and oxygen atoms in total. The Kier molecular flexibility index (Phi) is 6.06. The van der Waals surface area contributed by atoms with E-state index in [1.807, 2.05) is 0 Å². The van der Waals surface area contributed by atoms with Gasteiger partial charge < -0.3 is 10.1 Å². The molecule has 1 aromatic rings. The van der Waals surface area contributed by atoms with Gasteiger partial charge in [-0.3, -0.25) is 0 Å². The smallest absolute Gasteiger partial charge is 0.147 e. The minimum Gasteiger partial charge on any atom is -0.376 e. The van der Waals surface area contributed by atoms with Crippen LogP contribution in [0.5, 0.6) is 0 Å². The van der Waals surface area contributed by atoms with Crippen molar-refractivity contribution in [3.63, 3.8) is 0 Å². The van der Waals surface area contributed by atoms with Gasteiger partial charge in [0.2, 0.25) is 0 Å². The van der Waals surface area contributed by atoms with E-state index in [0.717, 1.165) is 38.6 Å². The summed E-state index contributed by atoms with van der Waals surface area (Å²) >= 11 is 9.34. The van der Waals surface area contributed by atoms with Crippen LogP contribution in [0.25, 0.3) is 0 Å². The molecule has 2 rings (SSSR count). The van der Waals surface area contributed by atoms with Crippen molar-refractivity contribution in [2.24, 2.45) is 0 Å². The maximum absolute atomic E-state index is 14.6. The van der Waals surface area contributed by atoms with E-state index in [4.69, 9.17) is 16.3 Å². The van der Waals surface area contributed by atoms with Crippen molar-refractivity contribution in [3.05, 3.63) is 33.0 Å². The second-order valence-corrected chi connectivity index (χ2v) is 6.86. The Morgan fingerprint density at radius 1 is 1.43 bits per heavy atom. The third-order valence-electron chi connectivity index (χ3n) is 4.36. The number of nitrogens with one attached hydrogen (secondary N) is 1. The van der Waals surface area contributed by atoms with Gasteiger partial charge in [-0.2, -0.15) is 0 Å². The Labute approximate surface area is 139 Å². The number of rotatable bonds is 6. The summed E-state index contributed by atoms with van der Waals surface area (Å²) in [6.07, 6.45) is 5.10. The fourth-order valence-corrected chi connectivity index (χ4v) is 3.69. The maximum Gasteiger partial charge on any atom is 0.147 e. The van der Waals surface area contributed by atoms with Crippen LogP contribution < -0.4 is 5.32 Å². The van der Waals surface area contributed by atoms with Gasteiger partial charge in [0.25, 0.3) is 0 Å². The van der Waals surface area contributed by atoms with Crippen molar-refractivity contribution in [1.29, 1.82) is 0 Å². The molecule has 0 amide bonds. The van der Waals surface area contributed by atoms with Gasteiger partial charge in [-0.25, -0.2) is 4.39 Å². The molecule has 0 aliphatic heterocycles. The van der Waals surface area contributed by atoms with Crippen molar-refractivity contribution in [1.82, 2.24) is 5.32 Å². The van der Waals surface area contributed by atoms with Gasteiger partial charge in [0.1, 0.15) is 5.82 Å². The van der Waals surface area contributed by atoms with Crippen LogP contribution in [0.3, 0.4) is 0 Å². The first-order chi connectivity index (χ1) is 10.1. The predicted octanol–water partition coefficient (Wildman–Crippen LogP) is 5.24. The van der Waals surface area contributed by atoms with Crippen molar-refractivity contribution < 1.29 is 9.13 Å². The summed E-state index contributed by atoms with van der Waals surface area (Å²) in [6, 6.07) is 3.44. The molecule has 1 aromatic carbocycles. The van der Waals surface area contributed by atoms with Crippen molar-refractivity contribution >= 4 is 27.5 Å². The summed E-state index contributed by atoms with van der Waals surface area (Å²) in [7, 11) is 1.73. The number of methoxy groups -OCH3 is 1. The highest BCUT2D eigenvalue weighted by Gasteiger charge is 2.43. The average Bonchev–Trinajstić information content (AvgIpc) is 2.97. The summed E-state index contributed by atoms with van der Waals surface area (Å²) in [5, 5.41) is 3.61. The van der Waals surface area contributed by atoms with E-state index in [9.17, 15) is 4.39 Å². The minimum absolute atomic E-state index is 0.139. The monoisotopic (exact) mass is 377 g/mol. The molecule has 1 atom stereocenters. The van der Waals surface area contributed by atoms with Crippen molar-refractivity contribution in [2.45, 2.75) is 50.7 Å². The molecule has 0 spiro atoms. The summed E-state index contributed by atoms with van der Waals surface area (Å²) < 4.78 is 21.1. The first-order valence-corrected chi connectivity index (χ1v) is 8.64. The Morgan fingerprint density at radius 2 is 2.10 bits per heavy atom. The number of hydrogen-bond donors (Lipinski definition) is 1. The maximum atomic E-state index is 14.6. The van der Waals surface area contributed by atoms with Crippen LogP contribution in [0.15, 0.2) is 16.6 Å². The van der Waals surface area contributed by atoms with Gasteiger partial charge in [0.15, 0.2) is 0 Å². The van der Waals surface area contributed by atoms with Crippen molar-refractivity contribution in [2.75, 3.05) is 13.7 Å². The lowest BCUT2D eigenvalue weighted by Crippen LogP contribution is -2.44. The van der Waals surface area contributed by atoms with Gasteiger partial charge in [-0.1, -0.05) is 37.4 Å². The van der Waals surface area contributed by atoms with Crippen LogP contribution in [-0.4, -0.2) is 19.3 Å². The molecule has 1 aliphatic carbocycles. The lowest BCUT2D eigenvalue weighted by molar-refractivity contribution is -0.0376. The summed E-state index contributed by atoms with van der Waals surface area (Å²) in [6.45, 7) is 2.92. The molecule has 0 heterocycles. The zero-order chi connectivity index (χ0) is 15.5. The third-order valence-corrected chi connectivity index (χ3v) is 5.62. The number of halogens is 3. The number of benzene rings is 1. The van der Waals surface area contributed by atoms with E-state index in [2.05, 4.69) is 28.2 Å². The average molecular weight is 379 g/mol. The van der Waals surface area contributed by atoms with Crippen molar-refractivity contribution in [3.8, 4) is 0 Å². The standard InChI is InChI=1S/C16H22BrClFNO/c1-3-10-20-15(16(21-2)8-4-5-9-16)11-6-7-12(17)13(18)14(11)19/h6-7,15,20H,3-5,8-10H2,1-2H3. The molecule has 1 saturated carbocycles. The normalized spacial score (nSPS) is 18.9. The molecule has 1 fully saturated rings. The van der Waals surface area contributed by atoms with Gasteiger partial charge in [0.05, 0.1) is 16.7 Å². The molecule has 0 bridgehead atoms. The molecule has 0 saturated heterocycles. The fourth-order valence-electron chi connectivity index (χ4n) is 3.22. The van der Waals surface area contributed by atoms with Crippen LogP contribution in [0, 0.1) is 5.82 Å². The molecule has 118 valence electrons. The zero-order valence-electron chi connectivity index (χ0n) is 12.5. The van der Waals surface area contributed by atoms with Crippen LogP contribution in [-0.2, 0) is 4.74 Å². The second-order valence-electron chi connectivity index (χ2n) is 5.63. The van der Waals surface area contributed by atoms with Gasteiger partial charge in [-0.05, 0) is 47.8 Å². The Bertz CT molecular complexity index is 491. The fraction of sp³-hybridized carbons (Fsp3) is 0.625. The highest BCUT2D eigenvalue weighted by atomic mass is 79.9. The topological polar surface area (TPSA) is 21.3 Å². The molecule has 1 N–H and O–H groups in total. The van der Waals surface area contributed by atoms with Crippen LogP contribution in [0.1, 0.15) is 50.6 Å². The Hall–Kier alpha value is -0.160. The van der Waals surface area contributed by atoms with Gasteiger partial charge in [0, 0.05) is 17.1 Å². The number of ether oxygens (including phenoxy) is 1. The lowest BCUT2D eigenvalue weighted by atomic mass is 9.86. The molecule has 1 unspecified atom stereocenters. The molecule has 21 heavy (non-hydrogen) atoms. The van der Waals surface area contributed by atoms with E-state index in [1.165, 1.54) is 0 Å².